The Morgan fingerprint density at radius 1 is 1.05 bits per heavy atom. The standard InChI is InChI=1S/C19H19ClN2/c20-11-13-22-12-10-16-15-8-4-5-9-17(15)21-18(16)19(22)14-6-2-1-3-7-14/h1-9,19,21H,10-13H2. The average Bonchev–Trinajstić information content (AvgIpc) is 2.94. The van der Waals surface area contributed by atoms with E-state index in [9.17, 15) is 0 Å². The fraction of sp³-hybridized carbons (Fsp3) is 0.263. The Balaban J connectivity index is 1.89. The van der Waals surface area contributed by atoms with Gasteiger partial charge in [0.05, 0.1) is 6.04 Å². The van der Waals surface area contributed by atoms with Gasteiger partial charge >= 0.3 is 0 Å². The van der Waals surface area contributed by atoms with Crippen LogP contribution in [0.2, 0.25) is 0 Å². The maximum absolute atomic E-state index is 6.04. The molecule has 0 fully saturated rings. The Morgan fingerprint density at radius 2 is 1.82 bits per heavy atom. The van der Waals surface area contributed by atoms with Gasteiger partial charge in [0.15, 0.2) is 0 Å². The molecule has 0 radical (unpaired) electrons. The molecule has 1 unspecified atom stereocenters. The third kappa shape index (κ3) is 2.23. The van der Waals surface area contributed by atoms with Crippen LogP contribution in [0.1, 0.15) is 22.9 Å². The van der Waals surface area contributed by atoms with Crippen LogP contribution < -0.4 is 0 Å². The molecule has 0 bridgehead atoms. The minimum Gasteiger partial charge on any atom is -0.357 e. The van der Waals surface area contributed by atoms with Crippen molar-refractivity contribution in [3.63, 3.8) is 0 Å². The van der Waals surface area contributed by atoms with Crippen molar-refractivity contribution in [3.8, 4) is 0 Å². The number of aromatic amines is 1. The Labute approximate surface area is 135 Å². The summed E-state index contributed by atoms with van der Waals surface area (Å²) in [5.74, 6) is 0.666. The van der Waals surface area contributed by atoms with Gasteiger partial charge in [-0.2, -0.15) is 0 Å². The van der Waals surface area contributed by atoms with Crippen LogP contribution in [-0.2, 0) is 6.42 Å². The predicted molar refractivity (Wildman–Crippen MR) is 92.6 cm³/mol. The highest BCUT2D eigenvalue weighted by Gasteiger charge is 2.30. The second-order valence-electron chi connectivity index (χ2n) is 5.85. The normalized spacial score (nSPS) is 18.5. The van der Waals surface area contributed by atoms with Crippen molar-refractivity contribution in [2.45, 2.75) is 12.5 Å². The summed E-state index contributed by atoms with van der Waals surface area (Å²) in [4.78, 5) is 6.15. The highest BCUT2D eigenvalue weighted by atomic mass is 35.5. The highest BCUT2D eigenvalue weighted by Crippen LogP contribution is 2.38. The first-order chi connectivity index (χ1) is 10.9. The highest BCUT2D eigenvalue weighted by molar-refractivity contribution is 6.18. The predicted octanol–water partition coefficient (Wildman–Crippen LogP) is 4.35. The summed E-state index contributed by atoms with van der Waals surface area (Å²) in [6, 6.07) is 19.6. The third-order valence-electron chi connectivity index (χ3n) is 4.62. The van der Waals surface area contributed by atoms with Crippen LogP contribution >= 0.6 is 11.6 Å². The van der Waals surface area contributed by atoms with Crippen molar-refractivity contribution >= 4 is 22.5 Å². The molecule has 0 saturated carbocycles. The number of benzene rings is 2. The van der Waals surface area contributed by atoms with E-state index in [0.29, 0.717) is 5.88 Å². The van der Waals surface area contributed by atoms with E-state index in [2.05, 4.69) is 64.5 Å². The molecule has 3 aromatic rings. The number of aromatic nitrogens is 1. The van der Waals surface area contributed by atoms with E-state index in [1.54, 1.807) is 0 Å². The van der Waals surface area contributed by atoms with Crippen LogP contribution in [-0.4, -0.2) is 28.9 Å². The Kier molecular flexibility index (Phi) is 3.65. The van der Waals surface area contributed by atoms with Crippen LogP contribution in [0.4, 0.5) is 0 Å². The summed E-state index contributed by atoms with van der Waals surface area (Å²) in [5.41, 5.74) is 5.38. The lowest BCUT2D eigenvalue weighted by atomic mass is 9.92. The monoisotopic (exact) mass is 310 g/mol. The topological polar surface area (TPSA) is 19.0 Å². The molecule has 1 aliphatic rings. The van der Waals surface area contributed by atoms with E-state index in [1.807, 2.05) is 0 Å². The van der Waals surface area contributed by atoms with Crippen molar-refractivity contribution in [1.29, 1.82) is 0 Å². The van der Waals surface area contributed by atoms with Gasteiger partial charge in [0, 0.05) is 35.6 Å². The molecule has 112 valence electrons. The molecule has 2 heterocycles. The van der Waals surface area contributed by atoms with E-state index in [4.69, 9.17) is 11.6 Å². The number of hydrogen-bond donors (Lipinski definition) is 1. The number of H-pyrrole nitrogens is 1. The minimum absolute atomic E-state index is 0.274. The van der Waals surface area contributed by atoms with Crippen molar-refractivity contribution in [2.24, 2.45) is 0 Å². The van der Waals surface area contributed by atoms with Crippen molar-refractivity contribution in [1.82, 2.24) is 9.88 Å². The van der Waals surface area contributed by atoms with Gasteiger partial charge in [-0.15, -0.1) is 11.6 Å². The maximum atomic E-state index is 6.04. The van der Waals surface area contributed by atoms with Crippen LogP contribution in [0.3, 0.4) is 0 Å². The molecule has 0 amide bonds. The van der Waals surface area contributed by atoms with Gasteiger partial charge in [0.2, 0.25) is 0 Å². The van der Waals surface area contributed by atoms with Gasteiger partial charge in [-0.25, -0.2) is 0 Å². The smallest absolute Gasteiger partial charge is 0.0757 e. The average molecular weight is 311 g/mol. The molecule has 1 atom stereocenters. The number of hydrogen-bond acceptors (Lipinski definition) is 1. The Bertz CT molecular complexity index is 778. The first-order valence-corrected chi connectivity index (χ1v) is 8.36. The number of para-hydroxylation sites is 1. The number of nitrogens with zero attached hydrogens (tertiary/aromatic N) is 1. The molecule has 1 aliphatic heterocycles. The van der Waals surface area contributed by atoms with Gasteiger partial charge in [-0.1, -0.05) is 48.5 Å². The lowest BCUT2D eigenvalue weighted by molar-refractivity contribution is 0.224. The fourth-order valence-corrected chi connectivity index (χ4v) is 3.87. The summed E-state index contributed by atoms with van der Waals surface area (Å²) in [5, 5.41) is 1.36. The lowest BCUT2D eigenvalue weighted by Crippen LogP contribution is -2.37. The third-order valence-corrected chi connectivity index (χ3v) is 4.79. The minimum atomic E-state index is 0.274. The fourth-order valence-electron chi connectivity index (χ4n) is 3.65. The second-order valence-corrected chi connectivity index (χ2v) is 6.23. The molecule has 0 aliphatic carbocycles. The molecule has 1 N–H and O–H groups in total. The summed E-state index contributed by atoms with van der Waals surface area (Å²) in [7, 11) is 0. The molecule has 22 heavy (non-hydrogen) atoms. The van der Waals surface area contributed by atoms with Crippen molar-refractivity contribution in [2.75, 3.05) is 19.0 Å². The van der Waals surface area contributed by atoms with Gasteiger partial charge in [-0.05, 0) is 23.6 Å². The van der Waals surface area contributed by atoms with Crippen molar-refractivity contribution < 1.29 is 0 Å². The summed E-state index contributed by atoms with van der Waals surface area (Å²) < 4.78 is 0. The van der Waals surface area contributed by atoms with Crippen LogP contribution in [0.15, 0.2) is 54.6 Å². The molecule has 0 spiro atoms. The SMILES string of the molecule is ClCCN1CCc2c([nH]c3ccccc23)C1c1ccccc1. The molecule has 2 aromatic carbocycles. The number of halogens is 1. The number of fused-ring (bicyclic) bond motifs is 3. The van der Waals surface area contributed by atoms with Crippen LogP contribution in [0, 0.1) is 0 Å². The maximum Gasteiger partial charge on any atom is 0.0757 e. The molecular weight excluding hydrogens is 292 g/mol. The van der Waals surface area contributed by atoms with Crippen LogP contribution in [0.5, 0.6) is 0 Å². The van der Waals surface area contributed by atoms with E-state index in [-0.39, 0.29) is 6.04 Å². The molecule has 4 rings (SSSR count). The number of rotatable bonds is 3. The van der Waals surface area contributed by atoms with Gasteiger partial charge < -0.3 is 4.98 Å². The first kappa shape index (κ1) is 13.9. The van der Waals surface area contributed by atoms with E-state index >= 15 is 0 Å². The summed E-state index contributed by atoms with van der Waals surface area (Å²) in [6.07, 6.45) is 1.08. The van der Waals surface area contributed by atoms with Crippen molar-refractivity contribution in [3.05, 3.63) is 71.4 Å². The zero-order valence-corrected chi connectivity index (χ0v) is 13.2. The van der Waals surface area contributed by atoms with E-state index in [1.165, 1.54) is 27.7 Å². The van der Waals surface area contributed by atoms with Gasteiger partial charge in [0.25, 0.3) is 0 Å². The van der Waals surface area contributed by atoms with E-state index < -0.39 is 0 Å². The lowest BCUT2D eigenvalue weighted by Gasteiger charge is -2.35. The van der Waals surface area contributed by atoms with Gasteiger partial charge in [0.1, 0.15) is 0 Å². The molecule has 1 aromatic heterocycles. The van der Waals surface area contributed by atoms with E-state index in [0.717, 1.165) is 19.5 Å². The zero-order valence-electron chi connectivity index (χ0n) is 12.4. The van der Waals surface area contributed by atoms with Crippen LogP contribution in [0.25, 0.3) is 10.9 Å². The second kappa shape index (κ2) is 5.79. The quantitative estimate of drug-likeness (QED) is 0.712. The summed E-state index contributed by atoms with van der Waals surface area (Å²) in [6.45, 7) is 1.97. The van der Waals surface area contributed by atoms with Gasteiger partial charge in [-0.3, -0.25) is 4.90 Å². The number of nitrogens with one attached hydrogen (secondary N) is 1. The molecule has 0 saturated heterocycles. The zero-order chi connectivity index (χ0) is 14.9. The Morgan fingerprint density at radius 3 is 2.64 bits per heavy atom. The molecule has 3 heteroatoms. The first-order valence-electron chi connectivity index (χ1n) is 7.83. The largest absolute Gasteiger partial charge is 0.357 e. The number of alkyl halides is 1. The molecule has 2 nitrogen and oxygen atoms in total. The summed E-state index contributed by atoms with van der Waals surface area (Å²) >= 11 is 6.04. The molecular formula is C19H19ClN2. The Hall–Kier alpha value is -1.77.